The number of anilines is 1. The van der Waals surface area contributed by atoms with Gasteiger partial charge in [-0.05, 0) is 47.7 Å². The van der Waals surface area contributed by atoms with E-state index in [-0.39, 0.29) is 11.3 Å². The molecule has 0 atom stereocenters. The minimum atomic E-state index is -3.66. The van der Waals surface area contributed by atoms with Crippen LogP contribution in [0.5, 0.6) is 0 Å². The van der Waals surface area contributed by atoms with E-state index in [2.05, 4.69) is 18.6 Å². The largest absolute Gasteiger partial charge is 0.481 e. The van der Waals surface area contributed by atoms with E-state index < -0.39 is 16.0 Å². The van der Waals surface area contributed by atoms with E-state index in [9.17, 15) is 13.2 Å². The van der Waals surface area contributed by atoms with E-state index in [1.54, 1.807) is 24.3 Å². The van der Waals surface area contributed by atoms with Crippen LogP contribution >= 0.6 is 0 Å². The third-order valence-corrected chi connectivity index (χ3v) is 5.09. The summed E-state index contributed by atoms with van der Waals surface area (Å²) in [5.41, 5.74) is 2.44. The number of sulfonamides is 1. The number of hydrogen-bond donors (Lipinski definition) is 2. The molecule has 2 N–H and O–H groups in total. The molecule has 0 saturated carbocycles. The van der Waals surface area contributed by atoms with Gasteiger partial charge in [-0.3, -0.25) is 9.52 Å². The zero-order valence-electron chi connectivity index (χ0n) is 13.7. The lowest BCUT2D eigenvalue weighted by Gasteiger charge is -2.10. The zero-order valence-corrected chi connectivity index (χ0v) is 14.5. The van der Waals surface area contributed by atoms with Crippen LogP contribution in [0.1, 0.15) is 37.3 Å². The predicted octanol–water partition coefficient (Wildman–Crippen LogP) is 3.63. The monoisotopic (exact) mass is 347 g/mol. The molecule has 0 aromatic heterocycles. The molecule has 0 aliphatic rings. The highest BCUT2D eigenvalue weighted by Crippen LogP contribution is 2.20. The van der Waals surface area contributed by atoms with Gasteiger partial charge in [0.1, 0.15) is 0 Å². The van der Waals surface area contributed by atoms with Crippen LogP contribution in [0.25, 0.3) is 0 Å². The number of rotatable bonds is 7. The van der Waals surface area contributed by atoms with Crippen molar-refractivity contribution in [3.05, 3.63) is 59.7 Å². The first-order chi connectivity index (χ1) is 11.3. The van der Waals surface area contributed by atoms with Crippen molar-refractivity contribution >= 4 is 21.7 Å². The summed E-state index contributed by atoms with van der Waals surface area (Å²) in [6, 6.07) is 13.5. The molecule has 128 valence electrons. The van der Waals surface area contributed by atoms with Crippen molar-refractivity contribution in [1.29, 1.82) is 0 Å². The van der Waals surface area contributed by atoms with Crippen molar-refractivity contribution in [3.63, 3.8) is 0 Å². The Morgan fingerprint density at radius 1 is 1.04 bits per heavy atom. The molecule has 0 saturated heterocycles. The Morgan fingerprint density at radius 2 is 1.62 bits per heavy atom. The van der Waals surface area contributed by atoms with Crippen molar-refractivity contribution in [1.82, 2.24) is 0 Å². The van der Waals surface area contributed by atoms with Crippen LogP contribution in [-0.2, 0) is 21.2 Å². The second-order valence-electron chi connectivity index (χ2n) is 5.92. The van der Waals surface area contributed by atoms with Crippen molar-refractivity contribution < 1.29 is 18.3 Å². The summed E-state index contributed by atoms with van der Waals surface area (Å²) in [6.45, 7) is 4.15. The maximum atomic E-state index is 12.4. The van der Waals surface area contributed by atoms with Crippen molar-refractivity contribution in [2.75, 3.05) is 4.72 Å². The minimum Gasteiger partial charge on any atom is -0.481 e. The van der Waals surface area contributed by atoms with Gasteiger partial charge >= 0.3 is 5.97 Å². The topological polar surface area (TPSA) is 83.5 Å². The Kier molecular flexibility index (Phi) is 5.62. The molecule has 6 heteroatoms. The zero-order chi connectivity index (χ0) is 17.7. The lowest BCUT2D eigenvalue weighted by molar-refractivity contribution is -0.136. The summed E-state index contributed by atoms with van der Waals surface area (Å²) in [5.74, 6) is -0.493. The molecule has 0 bridgehead atoms. The van der Waals surface area contributed by atoms with Gasteiger partial charge in [0.25, 0.3) is 10.0 Å². The Labute approximate surface area is 142 Å². The number of nitrogens with one attached hydrogen (secondary N) is 1. The second-order valence-corrected chi connectivity index (χ2v) is 7.60. The van der Waals surface area contributed by atoms with Gasteiger partial charge in [-0.25, -0.2) is 8.42 Å². The molecule has 0 radical (unpaired) electrons. The summed E-state index contributed by atoms with van der Waals surface area (Å²) in [5, 5.41) is 8.67. The number of benzene rings is 2. The fourth-order valence-corrected chi connectivity index (χ4v) is 3.30. The van der Waals surface area contributed by atoms with E-state index in [0.29, 0.717) is 18.0 Å². The summed E-state index contributed by atoms with van der Waals surface area (Å²) in [4.78, 5) is 10.7. The first-order valence-electron chi connectivity index (χ1n) is 7.71. The molecule has 2 rings (SSSR count). The first kappa shape index (κ1) is 18.0. The standard InChI is InChI=1S/C18H21NO4S/c1-13(2)15-6-8-16(9-7-15)19-24(22,23)17-10-3-14(4-11-17)5-12-18(20)21/h3-4,6-11,13,19H,5,12H2,1-2H3,(H,20,21). The number of aliphatic carboxylic acids is 1. The second kappa shape index (κ2) is 7.49. The summed E-state index contributed by atoms with van der Waals surface area (Å²) in [7, 11) is -3.66. The van der Waals surface area contributed by atoms with Crippen LogP contribution in [0.3, 0.4) is 0 Å². The van der Waals surface area contributed by atoms with Gasteiger partial charge in [0.15, 0.2) is 0 Å². The van der Waals surface area contributed by atoms with Crippen molar-refractivity contribution in [2.45, 2.75) is 37.5 Å². The van der Waals surface area contributed by atoms with Gasteiger partial charge in [-0.2, -0.15) is 0 Å². The van der Waals surface area contributed by atoms with E-state index in [1.165, 1.54) is 12.1 Å². The fraction of sp³-hybridized carbons (Fsp3) is 0.278. The van der Waals surface area contributed by atoms with Crippen LogP contribution in [-0.4, -0.2) is 19.5 Å². The van der Waals surface area contributed by atoms with Gasteiger partial charge in [0.05, 0.1) is 4.90 Å². The molecular formula is C18H21NO4S. The Morgan fingerprint density at radius 3 is 2.12 bits per heavy atom. The summed E-state index contributed by atoms with van der Waals surface area (Å²) >= 11 is 0. The predicted molar refractivity (Wildman–Crippen MR) is 93.7 cm³/mol. The maximum Gasteiger partial charge on any atom is 0.303 e. The van der Waals surface area contributed by atoms with Crippen molar-refractivity contribution in [3.8, 4) is 0 Å². The van der Waals surface area contributed by atoms with Crippen LogP contribution in [0, 0.1) is 0 Å². The minimum absolute atomic E-state index is 0.0204. The number of hydrogen-bond acceptors (Lipinski definition) is 3. The number of carboxylic acids is 1. The van der Waals surface area contributed by atoms with Gasteiger partial charge in [0, 0.05) is 12.1 Å². The molecule has 2 aromatic carbocycles. The molecule has 24 heavy (non-hydrogen) atoms. The summed E-state index contributed by atoms with van der Waals surface area (Å²) < 4.78 is 27.3. The molecular weight excluding hydrogens is 326 g/mol. The average Bonchev–Trinajstić information content (AvgIpc) is 2.53. The number of aryl methyl sites for hydroxylation is 1. The van der Waals surface area contributed by atoms with E-state index >= 15 is 0 Å². The lowest BCUT2D eigenvalue weighted by Crippen LogP contribution is -2.13. The third-order valence-electron chi connectivity index (χ3n) is 3.69. The van der Waals surface area contributed by atoms with Crippen LogP contribution < -0.4 is 4.72 Å². The molecule has 2 aromatic rings. The molecule has 0 aliphatic heterocycles. The molecule has 5 nitrogen and oxygen atoms in total. The van der Waals surface area contributed by atoms with Crippen molar-refractivity contribution in [2.24, 2.45) is 0 Å². The quantitative estimate of drug-likeness (QED) is 0.801. The van der Waals surface area contributed by atoms with E-state index in [0.717, 1.165) is 11.1 Å². The SMILES string of the molecule is CC(C)c1ccc(NS(=O)(=O)c2ccc(CCC(=O)O)cc2)cc1. The molecule has 0 unspecified atom stereocenters. The first-order valence-corrected chi connectivity index (χ1v) is 9.20. The fourth-order valence-electron chi connectivity index (χ4n) is 2.24. The van der Waals surface area contributed by atoms with Gasteiger partial charge < -0.3 is 5.11 Å². The highest BCUT2D eigenvalue weighted by Gasteiger charge is 2.14. The van der Waals surface area contributed by atoms with E-state index in [4.69, 9.17) is 5.11 Å². The molecule has 0 amide bonds. The van der Waals surface area contributed by atoms with Gasteiger partial charge in [0.2, 0.25) is 0 Å². The van der Waals surface area contributed by atoms with Crippen LogP contribution in [0.4, 0.5) is 5.69 Å². The maximum absolute atomic E-state index is 12.4. The smallest absolute Gasteiger partial charge is 0.303 e. The normalized spacial score (nSPS) is 11.5. The third kappa shape index (κ3) is 4.83. The van der Waals surface area contributed by atoms with E-state index in [1.807, 2.05) is 12.1 Å². The van der Waals surface area contributed by atoms with Crippen LogP contribution in [0.2, 0.25) is 0 Å². The van der Waals surface area contributed by atoms with Gasteiger partial charge in [-0.15, -0.1) is 0 Å². The molecule has 0 aliphatic carbocycles. The number of carbonyl (C=O) groups is 1. The van der Waals surface area contributed by atoms with Crippen LogP contribution in [0.15, 0.2) is 53.4 Å². The average molecular weight is 347 g/mol. The Balaban J connectivity index is 2.10. The molecule has 0 fully saturated rings. The Hall–Kier alpha value is -2.34. The highest BCUT2D eigenvalue weighted by atomic mass is 32.2. The highest BCUT2D eigenvalue weighted by molar-refractivity contribution is 7.92. The molecule has 0 spiro atoms. The molecule has 0 heterocycles. The summed E-state index contributed by atoms with van der Waals surface area (Å²) in [6.07, 6.45) is 0.395. The van der Waals surface area contributed by atoms with Gasteiger partial charge in [-0.1, -0.05) is 38.1 Å². The Bertz CT molecular complexity index is 794. The number of carboxylic acid groups (broad SMARTS) is 1. The lowest BCUT2D eigenvalue weighted by atomic mass is 10.0.